The Bertz CT molecular complexity index is 573. The SMILES string of the molecule is Cc1cccc(CC(N)c2c(F)cc(F)cc2F)c1. The third-order valence-electron chi connectivity index (χ3n) is 2.95. The second-order valence-electron chi connectivity index (χ2n) is 4.58. The molecule has 0 spiro atoms. The fourth-order valence-corrected chi connectivity index (χ4v) is 2.10. The van der Waals surface area contributed by atoms with Crippen LogP contribution in [0.1, 0.15) is 22.7 Å². The molecule has 2 aromatic carbocycles. The van der Waals surface area contributed by atoms with Crippen LogP contribution in [0.25, 0.3) is 0 Å². The van der Waals surface area contributed by atoms with Crippen LogP contribution in [0.15, 0.2) is 36.4 Å². The molecule has 0 amide bonds. The smallest absolute Gasteiger partial charge is 0.133 e. The minimum atomic E-state index is -0.947. The van der Waals surface area contributed by atoms with E-state index in [0.29, 0.717) is 18.6 Å². The molecule has 1 nitrogen and oxygen atoms in total. The maximum absolute atomic E-state index is 13.6. The molecule has 0 radical (unpaired) electrons. The number of halogens is 3. The number of rotatable bonds is 3. The van der Waals surface area contributed by atoms with Gasteiger partial charge in [-0.2, -0.15) is 0 Å². The van der Waals surface area contributed by atoms with Crippen molar-refractivity contribution in [3.63, 3.8) is 0 Å². The lowest BCUT2D eigenvalue weighted by molar-refractivity contribution is 0.501. The average molecular weight is 265 g/mol. The summed E-state index contributed by atoms with van der Waals surface area (Å²) < 4.78 is 40.0. The van der Waals surface area contributed by atoms with E-state index in [4.69, 9.17) is 5.73 Å². The first-order valence-electron chi connectivity index (χ1n) is 5.93. The predicted octanol–water partition coefficient (Wildman–Crippen LogP) is 3.65. The highest BCUT2D eigenvalue weighted by atomic mass is 19.1. The molecule has 0 bridgehead atoms. The van der Waals surface area contributed by atoms with Crippen molar-refractivity contribution in [3.8, 4) is 0 Å². The van der Waals surface area contributed by atoms with Crippen molar-refractivity contribution < 1.29 is 13.2 Å². The molecule has 1 atom stereocenters. The number of nitrogens with two attached hydrogens (primary N) is 1. The van der Waals surface area contributed by atoms with Crippen molar-refractivity contribution in [2.45, 2.75) is 19.4 Å². The van der Waals surface area contributed by atoms with Gasteiger partial charge in [0.1, 0.15) is 17.5 Å². The largest absolute Gasteiger partial charge is 0.323 e. The molecule has 0 heterocycles. The van der Waals surface area contributed by atoms with E-state index in [1.807, 2.05) is 31.2 Å². The van der Waals surface area contributed by atoms with Gasteiger partial charge in [0.2, 0.25) is 0 Å². The molecule has 100 valence electrons. The first-order chi connectivity index (χ1) is 8.97. The summed E-state index contributed by atoms with van der Waals surface area (Å²) in [5.74, 6) is -2.84. The minimum Gasteiger partial charge on any atom is -0.323 e. The third kappa shape index (κ3) is 3.15. The zero-order valence-electron chi connectivity index (χ0n) is 10.5. The molecular formula is C15H14F3N. The summed E-state index contributed by atoms with van der Waals surface area (Å²) in [6.45, 7) is 1.92. The lowest BCUT2D eigenvalue weighted by Crippen LogP contribution is -2.17. The van der Waals surface area contributed by atoms with Gasteiger partial charge in [0.15, 0.2) is 0 Å². The summed E-state index contributed by atoms with van der Waals surface area (Å²) >= 11 is 0. The Morgan fingerprint density at radius 3 is 2.26 bits per heavy atom. The maximum Gasteiger partial charge on any atom is 0.133 e. The number of hydrogen-bond donors (Lipinski definition) is 1. The van der Waals surface area contributed by atoms with Crippen molar-refractivity contribution in [2.75, 3.05) is 0 Å². The molecule has 0 aliphatic rings. The summed E-state index contributed by atoms with van der Waals surface area (Å²) in [4.78, 5) is 0. The van der Waals surface area contributed by atoms with Crippen molar-refractivity contribution in [3.05, 3.63) is 70.5 Å². The zero-order valence-corrected chi connectivity index (χ0v) is 10.5. The quantitative estimate of drug-likeness (QED) is 0.900. The zero-order chi connectivity index (χ0) is 14.0. The van der Waals surface area contributed by atoms with E-state index in [2.05, 4.69) is 0 Å². The van der Waals surface area contributed by atoms with E-state index < -0.39 is 23.5 Å². The van der Waals surface area contributed by atoms with Crippen molar-refractivity contribution >= 4 is 0 Å². The van der Waals surface area contributed by atoms with Crippen LogP contribution in [-0.2, 0) is 6.42 Å². The summed E-state index contributed by atoms with van der Waals surface area (Å²) in [6.07, 6.45) is 0.293. The normalized spacial score (nSPS) is 12.5. The van der Waals surface area contributed by atoms with E-state index in [1.54, 1.807) is 0 Å². The van der Waals surface area contributed by atoms with Crippen LogP contribution in [0.3, 0.4) is 0 Å². The van der Waals surface area contributed by atoms with E-state index in [9.17, 15) is 13.2 Å². The summed E-state index contributed by atoms with van der Waals surface area (Å²) in [5.41, 5.74) is 7.48. The van der Waals surface area contributed by atoms with Crippen LogP contribution < -0.4 is 5.73 Å². The number of benzene rings is 2. The van der Waals surface area contributed by atoms with Crippen molar-refractivity contribution in [1.29, 1.82) is 0 Å². The number of aryl methyl sites for hydroxylation is 1. The van der Waals surface area contributed by atoms with Crippen LogP contribution in [0.5, 0.6) is 0 Å². The van der Waals surface area contributed by atoms with Crippen LogP contribution in [0, 0.1) is 24.4 Å². The van der Waals surface area contributed by atoms with E-state index >= 15 is 0 Å². The Balaban J connectivity index is 2.28. The Morgan fingerprint density at radius 1 is 1.05 bits per heavy atom. The molecular weight excluding hydrogens is 251 g/mol. The van der Waals surface area contributed by atoms with Crippen LogP contribution in [0.2, 0.25) is 0 Å². The predicted molar refractivity (Wildman–Crippen MR) is 68.1 cm³/mol. The van der Waals surface area contributed by atoms with Gasteiger partial charge < -0.3 is 5.73 Å². The van der Waals surface area contributed by atoms with Crippen LogP contribution in [-0.4, -0.2) is 0 Å². The fraction of sp³-hybridized carbons (Fsp3) is 0.200. The molecule has 4 heteroatoms. The van der Waals surface area contributed by atoms with Gasteiger partial charge in [-0.05, 0) is 18.9 Å². The van der Waals surface area contributed by atoms with Gasteiger partial charge in [0.25, 0.3) is 0 Å². The molecule has 2 rings (SSSR count). The molecule has 0 fully saturated rings. The summed E-state index contributed by atoms with van der Waals surface area (Å²) in [7, 11) is 0. The Kier molecular flexibility index (Phi) is 3.90. The van der Waals surface area contributed by atoms with Gasteiger partial charge in [0.05, 0.1) is 0 Å². The average Bonchev–Trinajstić information content (AvgIpc) is 2.27. The van der Waals surface area contributed by atoms with Gasteiger partial charge in [-0.1, -0.05) is 29.8 Å². The summed E-state index contributed by atoms with van der Waals surface area (Å²) in [5, 5.41) is 0. The van der Waals surface area contributed by atoms with Gasteiger partial charge >= 0.3 is 0 Å². The lowest BCUT2D eigenvalue weighted by Gasteiger charge is -2.14. The molecule has 0 saturated heterocycles. The fourth-order valence-electron chi connectivity index (χ4n) is 2.10. The molecule has 1 unspecified atom stereocenters. The standard InChI is InChI=1S/C15H14F3N/c1-9-3-2-4-10(5-9)6-14(19)15-12(17)7-11(16)8-13(15)18/h2-5,7-8,14H,6,19H2,1H3. The molecule has 0 aromatic heterocycles. The van der Waals surface area contributed by atoms with Crippen LogP contribution in [0.4, 0.5) is 13.2 Å². The first kappa shape index (κ1) is 13.6. The first-order valence-corrected chi connectivity index (χ1v) is 5.93. The second kappa shape index (κ2) is 5.45. The van der Waals surface area contributed by atoms with E-state index in [1.165, 1.54) is 0 Å². The molecule has 0 aliphatic heterocycles. The lowest BCUT2D eigenvalue weighted by atomic mass is 9.98. The van der Waals surface area contributed by atoms with Gasteiger partial charge in [-0.25, -0.2) is 13.2 Å². The Hall–Kier alpha value is -1.81. The maximum atomic E-state index is 13.6. The van der Waals surface area contributed by atoms with Crippen LogP contribution >= 0.6 is 0 Å². The summed E-state index contributed by atoms with van der Waals surface area (Å²) in [6, 6.07) is 7.97. The topological polar surface area (TPSA) is 26.0 Å². The molecule has 0 saturated carbocycles. The Morgan fingerprint density at radius 2 is 1.68 bits per heavy atom. The highest BCUT2D eigenvalue weighted by Gasteiger charge is 2.18. The molecule has 19 heavy (non-hydrogen) atoms. The highest BCUT2D eigenvalue weighted by molar-refractivity contribution is 5.28. The van der Waals surface area contributed by atoms with Gasteiger partial charge in [0, 0.05) is 23.7 Å². The number of hydrogen-bond acceptors (Lipinski definition) is 1. The highest BCUT2D eigenvalue weighted by Crippen LogP contribution is 2.23. The molecule has 2 aromatic rings. The van der Waals surface area contributed by atoms with E-state index in [-0.39, 0.29) is 5.56 Å². The Labute approximate surface area is 109 Å². The minimum absolute atomic E-state index is 0.275. The second-order valence-corrected chi connectivity index (χ2v) is 4.58. The monoisotopic (exact) mass is 265 g/mol. The van der Waals surface area contributed by atoms with Crippen molar-refractivity contribution in [2.24, 2.45) is 5.73 Å². The molecule has 0 aliphatic carbocycles. The van der Waals surface area contributed by atoms with Gasteiger partial charge in [-0.15, -0.1) is 0 Å². The van der Waals surface area contributed by atoms with Gasteiger partial charge in [-0.3, -0.25) is 0 Å². The third-order valence-corrected chi connectivity index (χ3v) is 2.95. The van der Waals surface area contributed by atoms with E-state index in [0.717, 1.165) is 11.1 Å². The molecule has 2 N–H and O–H groups in total. The van der Waals surface area contributed by atoms with Crippen molar-refractivity contribution in [1.82, 2.24) is 0 Å².